The molecule has 0 aromatic carbocycles. The second-order valence-corrected chi connectivity index (χ2v) is 4.25. The summed E-state index contributed by atoms with van der Waals surface area (Å²) < 4.78 is 9.95. The van der Waals surface area contributed by atoms with Gasteiger partial charge in [-0.3, -0.25) is 0 Å². The van der Waals surface area contributed by atoms with Gasteiger partial charge in [0.1, 0.15) is 17.5 Å². The van der Waals surface area contributed by atoms with Crippen molar-refractivity contribution in [3.8, 4) is 6.07 Å². The average molecular weight is 267 g/mol. The molecule has 0 aliphatic rings. The Morgan fingerprint density at radius 2 is 1.53 bits per heavy atom. The van der Waals surface area contributed by atoms with Gasteiger partial charge in [-0.25, -0.2) is 4.79 Å². The zero-order valence-corrected chi connectivity index (χ0v) is 12.6. The molecule has 6 heteroatoms. The molecule has 0 aromatic heterocycles. The van der Waals surface area contributed by atoms with Crippen LogP contribution in [0.15, 0.2) is 22.7 Å². The summed E-state index contributed by atoms with van der Waals surface area (Å²) in [5.41, 5.74) is 0.370. The van der Waals surface area contributed by atoms with Gasteiger partial charge in [0.2, 0.25) is 0 Å². The average Bonchev–Trinajstić information content (AvgIpc) is 2.34. The first-order valence-corrected chi connectivity index (χ1v) is 5.64. The number of hydrogen-bond donors (Lipinski definition) is 0. The molecular formula is C13H21N3O3. The summed E-state index contributed by atoms with van der Waals surface area (Å²) in [6.07, 6.45) is 0. The zero-order valence-electron chi connectivity index (χ0n) is 12.6. The zero-order chi connectivity index (χ0) is 15.2. The first-order valence-electron chi connectivity index (χ1n) is 5.64. The van der Waals surface area contributed by atoms with Gasteiger partial charge >= 0.3 is 5.97 Å². The molecule has 0 aromatic rings. The Morgan fingerprint density at radius 1 is 1.05 bits per heavy atom. The second-order valence-electron chi connectivity index (χ2n) is 4.25. The smallest absolute Gasteiger partial charge is 0.349 e. The summed E-state index contributed by atoms with van der Waals surface area (Å²) in [6.45, 7) is 1.65. The molecule has 6 nitrogen and oxygen atoms in total. The van der Waals surface area contributed by atoms with E-state index < -0.39 is 5.97 Å². The van der Waals surface area contributed by atoms with E-state index in [1.807, 2.05) is 44.1 Å². The van der Waals surface area contributed by atoms with Gasteiger partial charge < -0.3 is 19.3 Å². The van der Waals surface area contributed by atoms with E-state index in [9.17, 15) is 4.79 Å². The van der Waals surface area contributed by atoms with Crippen molar-refractivity contribution in [1.29, 1.82) is 5.26 Å². The van der Waals surface area contributed by atoms with Crippen molar-refractivity contribution in [3.05, 3.63) is 22.7 Å². The van der Waals surface area contributed by atoms with Gasteiger partial charge in [0.25, 0.3) is 0 Å². The van der Waals surface area contributed by atoms with Crippen LogP contribution in [0.2, 0.25) is 0 Å². The summed E-state index contributed by atoms with van der Waals surface area (Å²) in [5, 5.41) is 9.09. The number of carbonyl (C=O) groups excluding carboxylic acids is 1. The molecule has 0 spiro atoms. The van der Waals surface area contributed by atoms with Gasteiger partial charge in [-0.2, -0.15) is 5.26 Å². The van der Waals surface area contributed by atoms with Gasteiger partial charge in [-0.1, -0.05) is 0 Å². The molecule has 0 fully saturated rings. The predicted molar refractivity (Wildman–Crippen MR) is 71.7 cm³/mol. The van der Waals surface area contributed by atoms with Crippen LogP contribution in [0.3, 0.4) is 0 Å². The highest BCUT2D eigenvalue weighted by molar-refractivity contribution is 5.94. The van der Waals surface area contributed by atoms with E-state index in [2.05, 4.69) is 4.74 Å². The molecule has 0 heterocycles. The summed E-state index contributed by atoms with van der Waals surface area (Å²) >= 11 is 0. The number of ether oxygens (including phenoxy) is 2. The Hall–Kier alpha value is -2.16. The van der Waals surface area contributed by atoms with Crippen molar-refractivity contribution >= 4 is 5.97 Å². The molecule has 0 aliphatic carbocycles. The van der Waals surface area contributed by atoms with Crippen LogP contribution in [0.25, 0.3) is 0 Å². The second kappa shape index (κ2) is 7.31. The van der Waals surface area contributed by atoms with Gasteiger partial charge in [0.05, 0.1) is 14.2 Å². The lowest BCUT2D eigenvalue weighted by molar-refractivity contribution is -0.135. The van der Waals surface area contributed by atoms with E-state index in [-0.39, 0.29) is 5.57 Å². The minimum atomic E-state index is -0.675. The molecule has 0 radical (unpaired) electrons. The topological polar surface area (TPSA) is 65.8 Å². The molecule has 19 heavy (non-hydrogen) atoms. The number of nitriles is 1. The molecule has 0 saturated heterocycles. The number of hydrogen-bond acceptors (Lipinski definition) is 6. The van der Waals surface area contributed by atoms with Crippen molar-refractivity contribution in [2.45, 2.75) is 6.92 Å². The third-order valence-corrected chi connectivity index (χ3v) is 2.47. The van der Waals surface area contributed by atoms with E-state index in [1.165, 1.54) is 14.2 Å². The van der Waals surface area contributed by atoms with Crippen LogP contribution >= 0.6 is 0 Å². The molecule has 0 N–H and O–H groups in total. The molecular weight excluding hydrogens is 246 g/mol. The number of esters is 1. The minimum absolute atomic E-state index is 0.0689. The molecule has 0 bridgehead atoms. The van der Waals surface area contributed by atoms with Crippen molar-refractivity contribution < 1.29 is 14.3 Å². The lowest BCUT2D eigenvalue weighted by Gasteiger charge is -2.27. The predicted octanol–water partition coefficient (Wildman–Crippen LogP) is 0.938. The first kappa shape index (κ1) is 16.8. The van der Waals surface area contributed by atoms with Gasteiger partial charge in [-0.15, -0.1) is 0 Å². The lowest BCUT2D eigenvalue weighted by atomic mass is 10.1. The summed E-state index contributed by atoms with van der Waals surface area (Å²) in [4.78, 5) is 15.2. The number of nitrogens with zero attached hydrogens (tertiary/aromatic N) is 3. The highest BCUT2D eigenvalue weighted by atomic mass is 16.5. The van der Waals surface area contributed by atoms with E-state index >= 15 is 0 Å². The fourth-order valence-electron chi connectivity index (χ4n) is 1.72. The van der Waals surface area contributed by atoms with Crippen LogP contribution in [0, 0.1) is 11.3 Å². The van der Waals surface area contributed by atoms with Gasteiger partial charge in [0, 0.05) is 33.8 Å². The highest BCUT2D eigenvalue weighted by Crippen LogP contribution is 2.22. The van der Waals surface area contributed by atoms with Crippen LogP contribution < -0.4 is 0 Å². The van der Waals surface area contributed by atoms with Gasteiger partial charge in [0.15, 0.2) is 5.76 Å². The van der Waals surface area contributed by atoms with Crippen molar-refractivity contribution in [2.75, 3.05) is 42.4 Å². The normalized spacial score (nSPS) is 10.8. The van der Waals surface area contributed by atoms with Crippen LogP contribution in [0.1, 0.15) is 6.92 Å². The third-order valence-electron chi connectivity index (χ3n) is 2.47. The fourth-order valence-corrected chi connectivity index (χ4v) is 1.72. The molecule has 0 unspecified atom stereocenters. The molecule has 0 aliphatic heterocycles. The van der Waals surface area contributed by atoms with Crippen LogP contribution in [0.5, 0.6) is 0 Å². The molecule has 0 saturated carbocycles. The number of allylic oxidation sites excluding steroid dienone is 1. The molecule has 0 atom stereocenters. The fraction of sp³-hybridized carbons (Fsp3) is 0.538. The highest BCUT2D eigenvalue weighted by Gasteiger charge is 2.21. The standard InChI is InChI=1S/C13H21N3O3/c1-9(10(8-14)13(17)19-7)11(18-6)12(15(2)3)16(4)5/h1-7H3/b10-9+. The summed E-state index contributed by atoms with van der Waals surface area (Å²) in [7, 11) is 10.1. The van der Waals surface area contributed by atoms with Gasteiger partial charge in [-0.05, 0) is 6.92 Å². The Balaban J connectivity index is 6.09. The van der Waals surface area contributed by atoms with E-state index in [4.69, 9.17) is 10.00 Å². The van der Waals surface area contributed by atoms with Crippen molar-refractivity contribution in [1.82, 2.24) is 9.80 Å². The first-order chi connectivity index (χ1) is 8.81. The Morgan fingerprint density at radius 3 is 1.79 bits per heavy atom. The number of carbonyl (C=O) groups is 1. The van der Waals surface area contributed by atoms with E-state index in [0.717, 1.165) is 5.82 Å². The Labute approximate surface area is 114 Å². The molecule has 0 rings (SSSR count). The van der Waals surface area contributed by atoms with E-state index in [1.54, 1.807) is 6.92 Å². The maximum Gasteiger partial charge on any atom is 0.349 e. The SMILES string of the molecule is COC(=O)/C(C#N)=C(\C)C(OC)=C(N(C)C)N(C)C. The lowest BCUT2D eigenvalue weighted by Crippen LogP contribution is -2.27. The van der Waals surface area contributed by atoms with E-state index in [0.29, 0.717) is 11.3 Å². The maximum atomic E-state index is 11.6. The summed E-state index contributed by atoms with van der Waals surface area (Å²) in [6, 6.07) is 1.85. The quantitative estimate of drug-likeness (QED) is 0.243. The maximum absolute atomic E-state index is 11.6. The molecule has 106 valence electrons. The van der Waals surface area contributed by atoms with Crippen molar-refractivity contribution in [3.63, 3.8) is 0 Å². The number of rotatable bonds is 5. The Bertz CT molecular complexity index is 433. The monoisotopic (exact) mass is 267 g/mol. The largest absolute Gasteiger partial charge is 0.493 e. The van der Waals surface area contributed by atoms with Crippen molar-refractivity contribution in [2.24, 2.45) is 0 Å². The Kier molecular flexibility index (Phi) is 6.48. The minimum Gasteiger partial charge on any atom is -0.493 e. The van der Waals surface area contributed by atoms with Crippen LogP contribution in [-0.2, 0) is 14.3 Å². The van der Waals surface area contributed by atoms with Crippen LogP contribution in [0.4, 0.5) is 0 Å². The molecule has 0 amide bonds. The third kappa shape index (κ3) is 3.91. The number of methoxy groups -OCH3 is 2. The summed E-state index contributed by atoms with van der Waals surface area (Å²) in [5.74, 6) is 0.528. The van der Waals surface area contributed by atoms with Crippen LogP contribution in [-0.4, -0.2) is 58.2 Å².